The minimum atomic E-state index is -3.49. The number of fused-ring (bicyclic) bond motifs is 1. The van der Waals surface area contributed by atoms with Gasteiger partial charge in [-0.25, -0.2) is 8.42 Å². The van der Waals surface area contributed by atoms with Gasteiger partial charge in [0.2, 0.25) is 15.9 Å². The molecule has 1 amide bonds. The highest BCUT2D eigenvalue weighted by atomic mass is 32.2. The fourth-order valence-corrected chi connectivity index (χ4v) is 5.43. The van der Waals surface area contributed by atoms with Crippen molar-refractivity contribution in [1.82, 2.24) is 4.31 Å². The van der Waals surface area contributed by atoms with Crippen LogP contribution in [0.4, 0.5) is 5.69 Å². The summed E-state index contributed by atoms with van der Waals surface area (Å²) in [7, 11) is -3.49. The topological polar surface area (TPSA) is 66.5 Å². The fraction of sp³-hybridized carbons (Fsp3) is 0.562. The summed E-state index contributed by atoms with van der Waals surface area (Å²) in [5.41, 5.74) is 0.611. The van der Waals surface area contributed by atoms with E-state index in [1.807, 2.05) is 13.0 Å². The smallest absolute Gasteiger partial charge is 0.243 e. The molecule has 2 aliphatic heterocycles. The van der Waals surface area contributed by atoms with Crippen molar-refractivity contribution in [3.8, 4) is 0 Å². The monoisotopic (exact) mass is 354 g/mol. The molecule has 1 N–H and O–H groups in total. The summed E-state index contributed by atoms with van der Waals surface area (Å²) in [6.07, 6.45) is 3.99. The van der Waals surface area contributed by atoms with Crippen LogP contribution < -0.4 is 5.32 Å². The van der Waals surface area contributed by atoms with Gasteiger partial charge in [0.05, 0.1) is 10.6 Å². The second-order valence-electron chi connectivity index (χ2n) is 6.18. The Bertz CT molecular complexity index is 695. The number of thioether (sulfide) groups is 1. The first-order valence-corrected chi connectivity index (χ1v) is 10.5. The molecule has 0 radical (unpaired) electrons. The Morgan fingerprint density at radius 1 is 1.17 bits per heavy atom. The fourth-order valence-electron chi connectivity index (χ4n) is 2.87. The highest BCUT2D eigenvalue weighted by Crippen LogP contribution is 2.35. The van der Waals surface area contributed by atoms with E-state index in [4.69, 9.17) is 0 Å². The number of hydrogen-bond donors (Lipinski definition) is 1. The van der Waals surface area contributed by atoms with E-state index in [2.05, 4.69) is 5.32 Å². The molecule has 3 rings (SSSR count). The van der Waals surface area contributed by atoms with Gasteiger partial charge in [-0.15, -0.1) is 11.8 Å². The summed E-state index contributed by atoms with van der Waals surface area (Å²) < 4.78 is 27.3. The first-order chi connectivity index (χ1) is 11.0. The molecule has 0 aromatic heterocycles. The molecule has 0 aliphatic carbocycles. The number of anilines is 1. The zero-order valence-corrected chi connectivity index (χ0v) is 14.9. The van der Waals surface area contributed by atoms with Gasteiger partial charge in [0, 0.05) is 29.7 Å². The number of carbonyl (C=O) groups is 1. The quantitative estimate of drug-likeness (QED) is 0.887. The van der Waals surface area contributed by atoms with E-state index in [0.717, 1.165) is 30.6 Å². The molecule has 1 saturated heterocycles. The molecule has 0 saturated carbocycles. The van der Waals surface area contributed by atoms with Crippen molar-refractivity contribution in [2.45, 2.75) is 42.4 Å². The van der Waals surface area contributed by atoms with Crippen LogP contribution in [0.2, 0.25) is 0 Å². The summed E-state index contributed by atoms with van der Waals surface area (Å²) >= 11 is 1.59. The van der Waals surface area contributed by atoms with E-state index in [9.17, 15) is 13.2 Å². The second-order valence-corrected chi connectivity index (χ2v) is 9.18. The normalized spacial score (nSPS) is 23.5. The van der Waals surface area contributed by atoms with Crippen molar-refractivity contribution in [1.29, 1.82) is 0 Å². The van der Waals surface area contributed by atoms with Gasteiger partial charge in [0.25, 0.3) is 0 Å². The molecule has 1 fully saturated rings. The van der Waals surface area contributed by atoms with Gasteiger partial charge in [-0.2, -0.15) is 4.31 Å². The number of amides is 1. The van der Waals surface area contributed by atoms with E-state index < -0.39 is 10.0 Å². The van der Waals surface area contributed by atoms with Crippen molar-refractivity contribution in [3.63, 3.8) is 0 Å². The summed E-state index contributed by atoms with van der Waals surface area (Å²) in [5, 5.41) is 2.86. The molecule has 5 nitrogen and oxygen atoms in total. The summed E-state index contributed by atoms with van der Waals surface area (Å²) in [6.45, 7) is 3.04. The molecule has 0 spiro atoms. The lowest BCUT2D eigenvalue weighted by Crippen LogP contribution is -2.32. The standard InChI is InChI=1S/C16H22N2O3S2/c1-12-11-22-15-7-6-13(10-14(15)17-16(12)19)23(20,21)18-8-4-2-3-5-9-18/h6-7,10,12H,2-5,8-9,11H2,1H3,(H,17,19). The van der Waals surface area contributed by atoms with Crippen molar-refractivity contribution >= 4 is 33.4 Å². The number of benzene rings is 1. The molecular weight excluding hydrogens is 332 g/mol. The predicted molar refractivity (Wildman–Crippen MR) is 92.2 cm³/mol. The van der Waals surface area contributed by atoms with Crippen LogP contribution in [0, 0.1) is 5.92 Å². The molecule has 1 unspecified atom stereocenters. The number of rotatable bonds is 2. The lowest BCUT2D eigenvalue weighted by atomic mass is 10.2. The number of sulfonamides is 1. The SMILES string of the molecule is CC1CSc2ccc(S(=O)(=O)N3CCCCCC3)cc2NC1=O. The van der Waals surface area contributed by atoms with Gasteiger partial charge in [-0.05, 0) is 31.0 Å². The molecule has 0 bridgehead atoms. The zero-order chi connectivity index (χ0) is 16.4. The Kier molecular flexibility index (Phi) is 4.98. The number of nitrogens with zero attached hydrogens (tertiary/aromatic N) is 1. The van der Waals surface area contributed by atoms with E-state index in [1.54, 1.807) is 28.2 Å². The first-order valence-electron chi connectivity index (χ1n) is 8.06. The molecule has 1 atom stereocenters. The second kappa shape index (κ2) is 6.83. The maximum atomic E-state index is 12.9. The predicted octanol–water partition coefficient (Wildman–Crippen LogP) is 2.93. The summed E-state index contributed by atoms with van der Waals surface area (Å²) in [4.78, 5) is 13.2. The van der Waals surface area contributed by atoms with Gasteiger partial charge < -0.3 is 5.32 Å². The van der Waals surface area contributed by atoms with Crippen LogP contribution >= 0.6 is 11.8 Å². The van der Waals surface area contributed by atoms with Crippen LogP contribution in [0.25, 0.3) is 0 Å². The van der Waals surface area contributed by atoms with Crippen LogP contribution in [0.1, 0.15) is 32.6 Å². The molecule has 23 heavy (non-hydrogen) atoms. The van der Waals surface area contributed by atoms with Crippen LogP contribution in [-0.2, 0) is 14.8 Å². The Morgan fingerprint density at radius 2 is 1.87 bits per heavy atom. The van der Waals surface area contributed by atoms with Crippen LogP contribution in [0.3, 0.4) is 0 Å². The Labute approximate surface area is 141 Å². The zero-order valence-electron chi connectivity index (χ0n) is 13.2. The third-order valence-corrected chi connectivity index (χ3v) is 7.58. The van der Waals surface area contributed by atoms with Crippen molar-refractivity contribution in [2.75, 3.05) is 24.2 Å². The summed E-state index contributed by atoms with van der Waals surface area (Å²) in [5.74, 6) is 0.565. The highest BCUT2D eigenvalue weighted by molar-refractivity contribution is 7.99. The van der Waals surface area contributed by atoms with Gasteiger partial charge in [-0.1, -0.05) is 19.8 Å². The lowest BCUT2D eigenvalue weighted by Gasteiger charge is -2.20. The minimum absolute atomic E-state index is 0.0550. The highest BCUT2D eigenvalue weighted by Gasteiger charge is 2.27. The molecule has 7 heteroatoms. The lowest BCUT2D eigenvalue weighted by molar-refractivity contribution is -0.118. The average Bonchev–Trinajstić information content (AvgIpc) is 2.88. The van der Waals surface area contributed by atoms with Gasteiger partial charge in [0.15, 0.2) is 0 Å². The average molecular weight is 354 g/mol. The van der Waals surface area contributed by atoms with E-state index >= 15 is 0 Å². The first kappa shape index (κ1) is 16.8. The van der Waals surface area contributed by atoms with Crippen molar-refractivity contribution in [3.05, 3.63) is 18.2 Å². The van der Waals surface area contributed by atoms with Gasteiger partial charge >= 0.3 is 0 Å². The number of hydrogen-bond acceptors (Lipinski definition) is 4. The maximum absolute atomic E-state index is 12.9. The third kappa shape index (κ3) is 3.56. The molecule has 1 aromatic rings. The van der Waals surface area contributed by atoms with Crippen LogP contribution in [0.15, 0.2) is 28.0 Å². The molecular formula is C16H22N2O3S2. The molecule has 2 heterocycles. The largest absolute Gasteiger partial charge is 0.325 e. The summed E-state index contributed by atoms with van der Waals surface area (Å²) in [6, 6.07) is 5.08. The maximum Gasteiger partial charge on any atom is 0.243 e. The molecule has 2 aliphatic rings. The molecule has 126 valence electrons. The van der Waals surface area contributed by atoms with Crippen LogP contribution in [-0.4, -0.2) is 37.5 Å². The number of carbonyl (C=O) groups excluding carboxylic acids is 1. The van der Waals surface area contributed by atoms with E-state index in [0.29, 0.717) is 24.5 Å². The Morgan fingerprint density at radius 3 is 2.57 bits per heavy atom. The van der Waals surface area contributed by atoms with Crippen LogP contribution in [0.5, 0.6) is 0 Å². The Balaban J connectivity index is 1.91. The minimum Gasteiger partial charge on any atom is -0.325 e. The van der Waals surface area contributed by atoms with E-state index in [1.165, 1.54) is 0 Å². The molecule has 1 aromatic carbocycles. The van der Waals surface area contributed by atoms with Crippen molar-refractivity contribution in [2.24, 2.45) is 5.92 Å². The van der Waals surface area contributed by atoms with E-state index in [-0.39, 0.29) is 16.7 Å². The van der Waals surface area contributed by atoms with Crippen molar-refractivity contribution < 1.29 is 13.2 Å². The third-order valence-electron chi connectivity index (χ3n) is 4.35. The number of nitrogens with one attached hydrogen (secondary N) is 1. The Hall–Kier alpha value is -1.05. The van der Waals surface area contributed by atoms with Gasteiger partial charge in [-0.3, -0.25) is 4.79 Å². The van der Waals surface area contributed by atoms with Gasteiger partial charge in [0.1, 0.15) is 0 Å².